The Labute approximate surface area is 141 Å². The number of hydrogen-bond acceptors (Lipinski definition) is 3. The van der Waals surface area contributed by atoms with Crippen molar-refractivity contribution >= 4 is 18.3 Å². The molecule has 2 aromatic rings. The van der Waals surface area contributed by atoms with Gasteiger partial charge in [0.25, 0.3) is 0 Å². The summed E-state index contributed by atoms with van der Waals surface area (Å²) in [5.41, 5.74) is 6.86. The third-order valence-corrected chi connectivity index (χ3v) is 3.50. The fourth-order valence-corrected chi connectivity index (χ4v) is 2.25. The summed E-state index contributed by atoms with van der Waals surface area (Å²) in [6, 6.07) is 4.36. The SMILES string of the molecule is CCCC(N)C(=O)NCc1ccc(-n2ccnc2C)c(F)c1.Cl. The first kappa shape index (κ1) is 19.1. The first-order chi connectivity index (χ1) is 10.5. The zero-order valence-electron chi connectivity index (χ0n) is 13.3. The molecule has 2 rings (SSSR count). The maximum absolute atomic E-state index is 14.2. The van der Waals surface area contributed by atoms with E-state index in [1.807, 2.05) is 13.8 Å². The number of aromatic nitrogens is 2. The zero-order chi connectivity index (χ0) is 16.1. The van der Waals surface area contributed by atoms with Gasteiger partial charge in [0, 0.05) is 18.9 Å². The van der Waals surface area contributed by atoms with Crippen molar-refractivity contribution in [1.82, 2.24) is 14.9 Å². The Bertz CT molecular complexity index is 659. The first-order valence-electron chi connectivity index (χ1n) is 7.35. The molecule has 0 aliphatic carbocycles. The molecule has 0 saturated carbocycles. The van der Waals surface area contributed by atoms with Crippen molar-refractivity contribution in [3.05, 3.63) is 47.8 Å². The lowest BCUT2D eigenvalue weighted by Crippen LogP contribution is -2.40. The third kappa shape index (κ3) is 4.77. The Morgan fingerprint density at radius 2 is 2.22 bits per heavy atom. The minimum atomic E-state index is -0.511. The molecule has 1 unspecified atom stereocenters. The van der Waals surface area contributed by atoms with Crippen LogP contribution >= 0.6 is 12.4 Å². The largest absolute Gasteiger partial charge is 0.351 e. The van der Waals surface area contributed by atoms with Gasteiger partial charge in [-0.25, -0.2) is 9.37 Å². The van der Waals surface area contributed by atoms with Gasteiger partial charge in [0.15, 0.2) is 0 Å². The molecule has 7 heteroatoms. The molecule has 0 saturated heterocycles. The molecule has 5 nitrogen and oxygen atoms in total. The predicted octanol–water partition coefficient (Wildman–Crippen LogP) is 2.49. The maximum atomic E-state index is 14.2. The van der Waals surface area contributed by atoms with Crippen LogP contribution in [-0.4, -0.2) is 21.5 Å². The van der Waals surface area contributed by atoms with E-state index in [4.69, 9.17) is 5.73 Å². The highest BCUT2D eigenvalue weighted by molar-refractivity contribution is 5.85. The van der Waals surface area contributed by atoms with E-state index in [0.717, 1.165) is 6.42 Å². The molecule has 0 bridgehead atoms. The Morgan fingerprint density at radius 3 is 2.78 bits per heavy atom. The van der Waals surface area contributed by atoms with Gasteiger partial charge < -0.3 is 15.6 Å². The first-order valence-corrected chi connectivity index (χ1v) is 7.35. The summed E-state index contributed by atoms with van der Waals surface area (Å²) in [4.78, 5) is 15.8. The van der Waals surface area contributed by atoms with Gasteiger partial charge in [-0.1, -0.05) is 19.4 Å². The van der Waals surface area contributed by atoms with Gasteiger partial charge in [0.1, 0.15) is 11.6 Å². The highest BCUT2D eigenvalue weighted by Gasteiger charge is 2.12. The second-order valence-corrected chi connectivity index (χ2v) is 5.24. The number of rotatable bonds is 6. The van der Waals surface area contributed by atoms with Crippen LogP contribution < -0.4 is 11.1 Å². The molecular formula is C16H22ClFN4O. The van der Waals surface area contributed by atoms with Gasteiger partial charge >= 0.3 is 0 Å². The monoisotopic (exact) mass is 340 g/mol. The number of imidazole rings is 1. The topological polar surface area (TPSA) is 72.9 Å². The average Bonchev–Trinajstić information content (AvgIpc) is 2.91. The number of nitrogens with zero attached hydrogens (tertiary/aromatic N) is 2. The lowest BCUT2D eigenvalue weighted by atomic mass is 10.1. The fourth-order valence-electron chi connectivity index (χ4n) is 2.25. The maximum Gasteiger partial charge on any atom is 0.237 e. The van der Waals surface area contributed by atoms with Crippen molar-refractivity contribution in [3.8, 4) is 5.69 Å². The Balaban J connectivity index is 0.00000264. The number of nitrogens with one attached hydrogen (secondary N) is 1. The molecular weight excluding hydrogens is 319 g/mol. The molecule has 23 heavy (non-hydrogen) atoms. The molecule has 126 valence electrons. The number of amides is 1. The van der Waals surface area contributed by atoms with Crippen molar-refractivity contribution in [3.63, 3.8) is 0 Å². The van der Waals surface area contributed by atoms with E-state index in [-0.39, 0.29) is 30.7 Å². The smallest absolute Gasteiger partial charge is 0.237 e. The van der Waals surface area contributed by atoms with Crippen molar-refractivity contribution in [2.75, 3.05) is 0 Å². The summed E-state index contributed by atoms with van der Waals surface area (Å²) in [6.45, 7) is 4.04. The molecule has 0 spiro atoms. The normalized spacial score (nSPS) is 11.7. The Kier molecular flexibility index (Phi) is 7.19. The highest BCUT2D eigenvalue weighted by Crippen LogP contribution is 2.16. The van der Waals surface area contributed by atoms with Gasteiger partial charge in [-0.2, -0.15) is 0 Å². The number of aryl methyl sites for hydroxylation is 1. The van der Waals surface area contributed by atoms with Crippen LogP contribution in [0.25, 0.3) is 5.69 Å². The fraction of sp³-hybridized carbons (Fsp3) is 0.375. The molecule has 0 aliphatic heterocycles. The van der Waals surface area contributed by atoms with Crippen LogP contribution in [0.2, 0.25) is 0 Å². The Morgan fingerprint density at radius 1 is 1.48 bits per heavy atom. The van der Waals surface area contributed by atoms with Gasteiger partial charge in [-0.3, -0.25) is 4.79 Å². The molecule has 1 aromatic carbocycles. The van der Waals surface area contributed by atoms with Crippen molar-refractivity contribution in [2.24, 2.45) is 5.73 Å². The van der Waals surface area contributed by atoms with Crippen LogP contribution in [0.1, 0.15) is 31.2 Å². The van der Waals surface area contributed by atoms with E-state index in [2.05, 4.69) is 10.3 Å². The standard InChI is InChI=1S/C16H21FN4O.ClH/c1-3-4-14(18)16(22)20-10-12-5-6-15(13(17)9-12)21-8-7-19-11(21)2;/h5-9,14H,3-4,10,18H2,1-2H3,(H,20,22);1H. The molecule has 0 fully saturated rings. The number of carbonyl (C=O) groups excluding carboxylic acids is 1. The number of benzene rings is 1. The van der Waals surface area contributed by atoms with Crippen molar-refractivity contribution in [1.29, 1.82) is 0 Å². The molecule has 1 atom stereocenters. The molecule has 0 radical (unpaired) electrons. The van der Waals surface area contributed by atoms with Crippen LogP contribution in [0.4, 0.5) is 4.39 Å². The predicted molar refractivity (Wildman–Crippen MR) is 90.2 cm³/mol. The van der Waals surface area contributed by atoms with Crippen LogP contribution in [0.5, 0.6) is 0 Å². The minimum Gasteiger partial charge on any atom is -0.351 e. The zero-order valence-corrected chi connectivity index (χ0v) is 14.1. The number of halogens is 2. The second-order valence-electron chi connectivity index (χ2n) is 5.24. The molecule has 1 aromatic heterocycles. The Hall–Kier alpha value is -1.92. The lowest BCUT2D eigenvalue weighted by molar-refractivity contribution is -0.122. The van der Waals surface area contributed by atoms with E-state index in [9.17, 15) is 9.18 Å². The lowest BCUT2D eigenvalue weighted by Gasteiger charge is -2.12. The summed E-state index contributed by atoms with van der Waals surface area (Å²) < 4.78 is 15.9. The summed E-state index contributed by atoms with van der Waals surface area (Å²) >= 11 is 0. The third-order valence-electron chi connectivity index (χ3n) is 3.50. The van der Waals surface area contributed by atoms with E-state index in [1.54, 1.807) is 29.1 Å². The number of carbonyl (C=O) groups is 1. The van der Waals surface area contributed by atoms with Gasteiger partial charge in [0.2, 0.25) is 5.91 Å². The summed E-state index contributed by atoms with van der Waals surface area (Å²) in [5, 5.41) is 2.73. The number of hydrogen-bond donors (Lipinski definition) is 2. The van der Waals surface area contributed by atoms with Crippen LogP contribution in [0.15, 0.2) is 30.6 Å². The van der Waals surface area contributed by atoms with E-state index in [0.29, 0.717) is 23.5 Å². The van der Waals surface area contributed by atoms with E-state index < -0.39 is 6.04 Å². The van der Waals surface area contributed by atoms with E-state index in [1.165, 1.54) is 6.07 Å². The van der Waals surface area contributed by atoms with Gasteiger partial charge in [-0.15, -0.1) is 12.4 Å². The summed E-state index contributed by atoms with van der Waals surface area (Å²) in [7, 11) is 0. The summed E-state index contributed by atoms with van der Waals surface area (Å²) in [6.07, 6.45) is 4.82. The van der Waals surface area contributed by atoms with Crippen molar-refractivity contribution in [2.45, 2.75) is 39.3 Å². The highest BCUT2D eigenvalue weighted by atomic mass is 35.5. The van der Waals surface area contributed by atoms with Crippen LogP contribution in [-0.2, 0) is 11.3 Å². The van der Waals surface area contributed by atoms with E-state index >= 15 is 0 Å². The van der Waals surface area contributed by atoms with Crippen LogP contribution in [0.3, 0.4) is 0 Å². The van der Waals surface area contributed by atoms with Crippen molar-refractivity contribution < 1.29 is 9.18 Å². The quantitative estimate of drug-likeness (QED) is 0.848. The van der Waals surface area contributed by atoms with Gasteiger partial charge in [0.05, 0.1) is 11.7 Å². The average molecular weight is 341 g/mol. The van der Waals surface area contributed by atoms with Crippen LogP contribution in [0, 0.1) is 12.7 Å². The summed E-state index contributed by atoms with van der Waals surface area (Å²) in [5.74, 6) is 0.146. The molecule has 1 amide bonds. The minimum absolute atomic E-state index is 0. The second kappa shape index (κ2) is 8.64. The van der Waals surface area contributed by atoms with Gasteiger partial charge in [-0.05, 0) is 31.0 Å². The molecule has 0 aliphatic rings. The molecule has 3 N–H and O–H groups in total. The number of nitrogens with two attached hydrogens (primary N) is 1. The molecule has 1 heterocycles.